The molecule has 6 radical (unpaired) electrons. The lowest BCUT2D eigenvalue weighted by molar-refractivity contribution is 0.930. The van der Waals surface area contributed by atoms with Crippen molar-refractivity contribution in [3.05, 3.63) is 145 Å². The molecule has 0 bridgehead atoms. The molecule has 2 nitrogen and oxygen atoms in total. The molecule has 8 rings (SSSR count). The number of para-hydroxylation sites is 2. The highest BCUT2D eigenvalue weighted by molar-refractivity contribution is 6.58. The number of aromatic nitrogens is 2. The molecule has 0 aliphatic rings. The quantitative estimate of drug-likeness (QED) is 0.162. The van der Waals surface area contributed by atoms with Gasteiger partial charge >= 0.3 is 0 Å². The van der Waals surface area contributed by atoms with Crippen LogP contribution in [0.15, 0.2) is 140 Å². The summed E-state index contributed by atoms with van der Waals surface area (Å²) in [4.78, 5) is 4.72. The van der Waals surface area contributed by atoms with Crippen LogP contribution in [-0.4, -0.2) is 33.1 Å². The van der Waals surface area contributed by atoms with Crippen molar-refractivity contribution in [3.63, 3.8) is 0 Å². The van der Waals surface area contributed by atoms with Crippen LogP contribution in [0, 0.1) is 0 Å². The summed E-state index contributed by atoms with van der Waals surface area (Å²) in [6.45, 7) is 0. The zero-order valence-corrected chi connectivity index (χ0v) is 23.4. The Labute approximate surface area is 254 Å². The molecular weight excluding hydrogens is 517 g/mol. The summed E-state index contributed by atoms with van der Waals surface area (Å²) in [5.41, 5.74) is 7.27. The van der Waals surface area contributed by atoms with Crippen LogP contribution < -0.4 is 0 Å². The van der Waals surface area contributed by atoms with E-state index in [-0.39, 0.29) is 0 Å². The summed E-state index contributed by atoms with van der Waals surface area (Å²) in [5, 5.41) is 5.63. The van der Waals surface area contributed by atoms with Gasteiger partial charge < -0.3 is 0 Å². The van der Waals surface area contributed by atoms with Crippen LogP contribution >= 0.6 is 0 Å². The maximum Gasteiger partial charge on any atom is 0.0951 e. The first-order chi connectivity index (χ1) is 21.0. The van der Waals surface area contributed by atoms with Gasteiger partial charge in [-0.05, 0) is 78.8 Å². The van der Waals surface area contributed by atoms with E-state index in [1.807, 2.05) is 34.9 Å². The molecule has 0 amide bonds. The highest BCUT2D eigenvalue weighted by Crippen LogP contribution is 2.45. The number of hydrogen-bond acceptors (Lipinski definition) is 1. The normalized spacial score (nSPS) is 12.0. The van der Waals surface area contributed by atoms with Gasteiger partial charge in [0.05, 0.1) is 40.4 Å². The number of nitrogens with zero attached hydrogens (tertiary/aromatic N) is 2. The van der Waals surface area contributed by atoms with Crippen molar-refractivity contribution >= 4 is 66.9 Å². The Morgan fingerprint density at radius 1 is 0.512 bits per heavy atom. The van der Waals surface area contributed by atoms with E-state index in [2.05, 4.69) is 109 Å². The molecule has 0 spiro atoms. The lowest BCUT2D eigenvalue weighted by Gasteiger charge is -2.22. The summed E-state index contributed by atoms with van der Waals surface area (Å²) >= 11 is 0. The number of hydrogen-bond donors (Lipinski definition) is 0. The topological polar surface area (TPSA) is 17.8 Å². The number of imidazole rings is 1. The Kier molecular flexibility index (Phi) is 5.84. The van der Waals surface area contributed by atoms with E-state index >= 15 is 0 Å². The smallest absolute Gasteiger partial charge is 0.0951 e. The largest absolute Gasteiger partial charge is 0.298 e. The van der Waals surface area contributed by atoms with Crippen molar-refractivity contribution < 1.29 is 0 Å². The van der Waals surface area contributed by atoms with Gasteiger partial charge in [-0.25, -0.2) is 4.98 Å². The fourth-order valence-electron chi connectivity index (χ4n) is 6.55. The second kappa shape index (κ2) is 9.78. The molecule has 0 saturated heterocycles. The molecule has 7 aromatic carbocycles. The molecule has 1 aromatic heterocycles. The predicted molar refractivity (Wildman–Crippen MR) is 183 cm³/mol. The van der Waals surface area contributed by atoms with Crippen molar-refractivity contribution in [2.24, 2.45) is 0 Å². The Bertz CT molecular complexity index is 2290. The molecule has 0 aliphatic heterocycles. The Morgan fingerprint density at radius 2 is 1.07 bits per heavy atom. The zero-order chi connectivity index (χ0) is 29.1. The van der Waals surface area contributed by atoms with Gasteiger partial charge in [0.2, 0.25) is 0 Å². The summed E-state index contributed by atoms with van der Waals surface area (Å²) in [5.74, 6) is 0.395. The average molecular weight is 540 g/mol. The van der Waals surface area contributed by atoms with E-state index in [4.69, 9.17) is 28.5 Å². The van der Waals surface area contributed by atoms with Gasteiger partial charge in [-0.2, -0.15) is 0 Å². The van der Waals surface area contributed by atoms with E-state index in [9.17, 15) is 0 Å². The van der Waals surface area contributed by atoms with Gasteiger partial charge in [0.15, 0.2) is 0 Å². The first-order valence-corrected chi connectivity index (χ1v) is 14.4. The van der Waals surface area contributed by atoms with E-state index in [1.165, 1.54) is 49.0 Å². The van der Waals surface area contributed by atoms with Crippen molar-refractivity contribution in [2.45, 2.75) is 5.11 Å². The second-order valence-electron chi connectivity index (χ2n) is 11.1. The predicted octanol–water partition coefficient (Wildman–Crippen LogP) is 8.43. The Morgan fingerprint density at radius 3 is 1.77 bits per heavy atom. The maximum absolute atomic E-state index is 6.24. The number of fused-ring (bicyclic) bond motifs is 4. The van der Waals surface area contributed by atoms with E-state index in [1.54, 1.807) is 0 Å². The Hall–Kier alpha value is -5.02. The molecule has 0 atom stereocenters. The third-order valence-electron chi connectivity index (χ3n) is 8.33. The minimum Gasteiger partial charge on any atom is -0.298 e. The summed E-state index contributed by atoms with van der Waals surface area (Å²) in [7, 11) is 18.7. The molecular formula is C38H23B3N2. The van der Waals surface area contributed by atoms with E-state index in [0.717, 1.165) is 22.3 Å². The average Bonchev–Trinajstić information content (AvgIpc) is 3.44. The monoisotopic (exact) mass is 540 g/mol. The van der Waals surface area contributed by atoms with Crippen molar-refractivity contribution in [1.82, 2.24) is 9.55 Å². The summed E-state index contributed by atoms with van der Waals surface area (Å²) < 4.78 is 1.97. The molecule has 0 fully saturated rings. The first-order valence-electron chi connectivity index (χ1n) is 14.4. The third kappa shape index (κ3) is 4.11. The second-order valence-corrected chi connectivity index (χ2v) is 11.1. The minimum atomic E-state index is -1.62. The van der Waals surface area contributed by atoms with Crippen molar-refractivity contribution in [1.29, 1.82) is 0 Å². The fraction of sp³-hybridized carbons (Fsp3) is 0.0263. The molecule has 0 unspecified atom stereocenters. The Balaban J connectivity index is 1.45. The molecule has 1 heterocycles. The van der Waals surface area contributed by atoms with Crippen LogP contribution in [0.5, 0.6) is 0 Å². The summed E-state index contributed by atoms with van der Waals surface area (Å²) in [6, 6.07) is 48.9. The van der Waals surface area contributed by atoms with Crippen molar-refractivity contribution in [2.75, 3.05) is 0 Å². The number of benzene rings is 7. The fourth-order valence-corrected chi connectivity index (χ4v) is 6.55. The molecule has 43 heavy (non-hydrogen) atoms. The SMILES string of the molecule is [B]C([B])([B])c1nc2ccccc2n1-c1cccc(-c2c3ccccc3c(-c3cccc4ccccc34)c3ccccc23)c1. The van der Waals surface area contributed by atoms with Gasteiger partial charge in [-0.1, -0.05) is 120 Å². The lowest BCUT2D eigenvalue weighted by atomic mass is 9.42. The van der Waals surface area contributed by atoms with Gasteiger partial charge in [0, 0.05) is 5.69 Å². The molecule has 8 aromatic rings. The van der Waals surface area contributed by atoms with Crippen LogP contribution in [0.1, 0.15) is 5.82 Å². The zero-order valence-electron chi connectivity index (χ0n) is 23.4. The van der Waals surface area contributed by atoms with Crippen LogP contribution in [0.3, 0.4) is 0 Å². The third-order valence-corrected chi connectivity index (χ3v) is 8.33. The molecule has 0 N–H and O–H groups in total. The van der Waals surface area contributed by atoms with Crippen LogP contribution in [0.2, 0.25) is 0 Å². The van der Waals surface area contributed by atoms with Gasteiger partial charge in [-0.15, -0.1) is 0 Å². The van der Waals surface area contributed by atoms with Crippen molar-refractivity contribution in [3.8, 4) is 27.9 Å². The molecule has 5 heteroatoms. The maximum atomic E-state index is 6.24. The first kappa shape index (κ1) is 25.7. The minimum absolute atomic E-state index is 0.395. The van der Waals surface area contributed by atoms with Gasteiger partial charge in [-0.3, -0.25) is 4.57 Å². The standard InChI is InChI=1S/C38H23B3N2/c39-38(40,41)37-42-33-21-7-8-22-34(33)43(37)26-14-9-13-25(23-26)35-29-16-3-5-18-31(29)36(32-19-6-4-17-30(32)35)28-20-10-12-24-11-1-2-15-27(24)28/h1-23H. The highest BCUT2D eigenvalue weighted by Gasteiger charge is 2.23. The van der Waals surface area contributed by atoms with E-state index in [0.29, 0.717) is 5.82 Å². The number of rotatable bonds is 4. The molecule has 0 aliphatic carbocycles. The molecule has 194 valence electrons. The van der Waals surface area contributed by atoms with Gasteiger partial charge in [0.25, 0.3) is 0 Å². The highest BCUT2D eigenvalue weighted by atomic mass is 15.1. The summed E-state index contributed by atoms with van der Waals surface area (Å²) in [6.07, 6.45) is 0. The lowest BCUT2D eigenvalue weighted by Crippen LogP contribution is -2.31. The van der Waals surface area contributed by atoms with Crippen LogP contribution in [0.4, 0.5) is 0 Å². The van der Waals surface area contributed by atoms with Gasteiger partial charge in [0.1, 0.15) is 0 Å². The van der Waals surface area contributed by atoms with Crippen LogP contribution in [0.25, 0.3) is 71.3 Å². The van der Waals surface area contributed by atoms with E-state index < -0.39 is 5.11 Å². The molecule has 0 saturated carbocycles. The van der Waals surface area contributed by atoms with Crippen LogP contribution in [-0.2, 0) is 5.11 Å².